The summed E-state index contributed by atoms with van der Waals surface area (Å²) in [5, 5.41) is 0. The molecule has 1 saturated heterocycles. The molecule has 2 bridgehead atoms. The van der Waals surface area contributed by atoms with Crippen molar-refractivity contribution in [2.24, 2.45) is 23.7 Å². The van der Waals surface area contributed by atoms with Crippen LogP contribution in [0.3, 0.4) is 0 Å². The first-order valence-electron chi connectivity index (χ1n) is 13.0. The molecular weight excluding hydrogens is 440 g/mol. The summed E-state index contributed by atoms with van der Waals surface area (Å²) in [7, 11) is 0. The van der Waals surface area contributed by atoms with Crippen LogP contribution < -0.4 is 0 Å². The summed E-state index contributed by atoms with van der Waals surface area (Å²) in [6.07, 6.45) is 8.02. The molecule has 1 aliphatic heterocycles. The smallest absolute Gasteiger partial charge is 0.254 e. The fourth-order valence-corrected chi connectivity index (χ4v) is 5.95. The van der Waals surface area contributed by atoms with E-state index in [0.29, 0.717) is 6.54 Å². The Labute approximate surface area is 209 Å². The van der Waals surface area contributed by atoms with Crippen molar-refractivity contribution in [2.75, 3.05) is 19.7 Å². The highest BCUT2D eigenvalue weighted by molar-refractivity contribution is 6.06. The van der Waals surface area contributed by atoms with E-state index in [2.05, 4.69) is 36.4 Å². The first kappa shape index (κ1) is 25.6. The molecule has 1 saturated carbocycles. The van der Waals surface area contributed by atoms with Crippen LogP contribution in [0.2, 0.25) is 0 Å². The zero-order valence-electron chi connectivity index (χ0n) is 21.8. The first-order valence-corrected chi connectivity index (χ1v) is 13.0. The van der Waals surface area contributed by atoms with Crippen LogP contribution in [-0.2, 0) is 25.5 Å². The maximum Gasteiger partial charge on any atom is 0.254 e. The van der Waals surface area contributed by atoms with Crippen LogP contribution in [0, 0.1) is 23.7 Å². The standard InChI is InChI=1S/C29H40N2O4/c1-28(2,3)31(16-10-9-13-20-11-7-6-8-12-20)27(34)29(4,5)35-18-17-30-25(32)23-21-14-15-22(19-21)24(23)26(30)33/h6-8,11-12,14-15,21-24H,9-10,13,16-19H2,1-5H3/t21-,22+,23+,24-. The predicted molar refractivity (Wildman–Crippen MR) is 135 cm³/mol. The number of benzene rings is 1. The Balaban J connectivity index is 1.29. The summed E-state index contributed by atoms with van der Waals surface area (Å²) in [5.74, 6) is -0.194. The van der Waals surface area contributed by atoms with Gasteiger partial charge in [-0.25, -0.2) is 0 Å². The van der Waals surface area contributed by atoms with E-state index in [1.54, 1.807) is 13.8 Å². The highest BCUT2D eigenvalue weighted by atomic mass is 16.5. The molecule has 6 heteroatoms. The fraction of sp³-hybridized carbons (Fsp3) is 0.621. The van der Waals surface area contributed by atoms with Crippen LogP contribution in [0.5, 0.6) is 0 Å². The lowest BCUT2D eigenvalue weighted by Crippen LogP contribution is -2.55. The predicted octanol–water partition coefficient (Wildman–Crippen LogP) is 4.24. The molecule has 3 aliphatic rings. The summed E-state index contributed by atoms with van der Waals surface area (Å²) in [6.45, 7) is 10.7. The van der Waals surface area contributed by atoms with Gasteiger partial charge in [-0.3, -0.25) is 19.3 Å². The van der Waals surface area contributed by atoms with Crippen molar-refractivity contribution < 1.29 is 19.1 Å². The molecule has 4 rings (SSSR count). The summed E-state index contributed by atoms with van der Waals surface area (Å²) in [5.41, 5.74) is -0.0759. The van der Waals surface area contributed by atoms with Crippen molar-refractivity contribution in [3.8, 4) is 0 Å². The molecule has 4 atom stereocenters. The van der Waals surface area contributed by atoms with Crippen LogP contribution in [0.4, 0.5) is 0 Å². The number of hydrogen-bond acceptors (Lipinski definition) is 4. The van der Waals surface area contributed by atoms with Gasteiger partial charge in [0, 0.05) is 12.1 Å². The Bertz CT molecular complexity index is 948. The average Bonchev–Trinajstić information content (AvgIpc) is 3.48. The highest BCUT2D eigenvalue weighted by Crippen LogP contribution is 2.52. The van der Waals surface area contributed by atoms with E-state index in [9.17, 15) is 14.4 Å². The van der Waals surface area contributed by atoms with E-state index >= 15 is 0 Å². The Kier molecular flexibility index (Phi) is 7.23. The van der Waals surface area contributed by atoms with Crippen LogP contribution in [0.25, 0.3) is 0 Å². The molecule has 2 fully saturated rings. The Hall–Kier alpha value is -2.47. The van der Waals surface area contributed by atoms with Gasteiger partial charge in [0.1, 0.15) is 5.60 Å². The normalized spacial score (nSPS) is 25.5. The molecule has 190 valence electrons. The van der Waals surface area contributed by atoms with Crippen molar-refractivity contribution in [2.45, 2.75) is 71.4 Å². The molecule has 1 heterocycles. The minimum atomic E-state index is -1.05. The number of amides is 3. The van der Waals surface area contributed by atoms with Gasteiger partial charge in [-0.2, -0.15) is 0 Å². The van der Waals surface area contributed by atoms with E-state index < -0.39 is 5.60 Å². The zero-order valence-corrected chi connectivity index (χ0v) is 21.8. The van der Waals surface area contributed by atoms with E-state index in [0.717, 1.165) is 25.7 Å². The maximum atomic E-state index is 13.5. The van der Waals surface area contributed by atoms with E-state index in [1.165, 1.54) is 10.5 Å². The SMILES string of the molecule is CC(C)(OCCN1C(=O)[C@@H]2[C@H](C1=O)[C@H]1C=C[C@@H]2C1)C(=O)N(CCCCc1ccccc1)C(C)(C)C. The van der Waals surface area contributed by atoms with E-state index in [1.807, 2.05) is 31.7 Å². The fourth-order valence-electron chi connectivity index (χ4n) is 5.95. The van der Waals surface area contributed by atoms with Gasteiger partial charge in [0.15, 0.2) is 0 Å². The second kappa shape index (κ2) is 9.88. The Morgan fingerprint density at radius 1 is 0.971 bits per heavy atom. The molecule has 6 nitrogen and oxygen atoms in total. The summed E-state index contributed by atoms with van der Waals surface area (Å²) in [4.78, 5) is 42.6. The third-order valence-corrected chi connectivity index (χ3v) is 7.85. The van der Waals surface area contributed by atoms with Crippen LogP contribution in [0.1, 0.15) is 59.4 Å². The lowest BCUT2D eigenvalue weighted by atomic mass is 9.85. The number of rotatable bonds is 10. The number of hydrogen-bond donors (Lipinski definition) is 0. The number of carbonyl (C=O) groups excluding carboxylic acids is 3. The number of nitrogens with zero attached hydrogens (tertiary/aromatic N) is 2. The molecule has 3 amide bonds. The third-order valence-electron chi connectivity index (χ3n) is 7.85. The van der Waals surface area contributed by atoms with E-state index in [-0.39, 0.29) is 60.1 Å². The molecule has 0 aromatic heterocycles. The molecule has 0 radical (unpaired) electrons. The summed E-state index contributed by atoms with van der Waals surface area (Å²) < 4.78 is 6.04. The molecule has 35 heavy (non-hydrogen) atoms. The van der Waals surface area contributed by atoms with Gasteiger partial charge in [-0.15, -0.1) is 0 Å². The highest BCUT2D eigenvalue weighted by Gasteiger charge is 2.59. The van der Waals surface area contributed by atoms with Crippen molar-refractivity contribution in [1.82, 2.24) is 9.80 Å². The van der Waals surface area contributed by atoms with Crippen LogP contribution >= 0.6 is 0 Å². The molecule has 2 aliphatic carbocycles. The second-order valence-electron chi connectivity index (χ2n) is 11.8. The first-order chi connectivity index (χ1) is 16.5. The quantitative estimate of drug-likeness (QED) is 0.285. The Morgan fingerprint density at radius 3 is 2.14 bits per heavy atom. The van der Waals surface area contributed by atoms with Gasteiger partial charge in [0.05, 0.1) is 25.0 Å². The number of likely N-dealkylation sites (tertiary alicyclic amines) is 1. The lowest BCUT2D eigenvalue weighted by Gasteiger charge is -2.40. The number of ether oxygens (including phenoxy) is 1. The minimum Gasteiger partial charge on any atom is -0.364 e. The topological polar surface area (TPSA) is 66.9 Å². The third kappa shape index (κ3) is 5.23. The second-order valence-corrected chi connectivity index (χ2v) is 11.8. The minimum absolute atomic E-state index is 0.0668. The van der Waals surface area contributed by atoms with Gasteiger partial charge in [0.25, 0.3) is 5.91 Å². The molecule has 0 N–H and O–H groups in total. The van der Waals surface area contributed by atoms with Gasteiger partial charge in [0.2, 0.25) is 11.8 Å². The molecule has 1 aromatic rings. The monoisotopic (exact) mass is 480 g/mol. The molecule has 0 spiro atoms. The average molecular weight is 481 g/mol. The maximum absolute atomic E-state index is 13.5. The Morgan fingerprint density at radius 2 is 1.57 bits per heavy atom. The van der Waals surface area contributed by atoms with Crippen molar-refractivity contribution in [3.63, 3.8) is 0 Å². The summed E-state index contributed by atoms with van der Waals surface area (Å²) in [6, 6.07) is 10.4. The van der Waals surface area contributed by atoms with Crippen LogP contribution in [-0.4, -0.2) is 58.4 Å². The van der Waals surface area contributed by atoms with Crippen molar-refractivity contribution >= 4 is 17.7 Å². The lowest BCUT2D eigenvalue weighted by molar-refractivity contribution is -0.160. The number of fused-ring (bicyclic) bond motifs is 5. The molecular formula is C29H40N2O4. The molecule has 1 aromatic carbocycles. The number of aryl methyl sites for hydroxylation is 1. The zero-order chi connectivity index (χ0) is 25.4. The molecule has 0 unspecified atom stereocenters. The van der Waals surface area contributed by atoms with Gasteiger partial charge < -0.3 is 9.64 Å². The summed E-state index contributed by atoms with van der Waals surface area (Å²) >= 11 is 0. The van der Waals surface area contributed by atoms with Crippen molar-refractivity contribution in [1.29, 1.82) is 0 Å². The van der Waals surface area contributed by atoms with Gasteiger partial charge >= 0.3 is 0 Å². The number of carbonyl (C=O) groups is 3. The van der Waals surface area contributed by atoms with Gasteiger partial charge in [-0.1, -0.05) is 42.5 Å². The number of imide groups is 1. The number of unbranched alkanes of at least 4 members (excludes halogenated alkanes) is 1. The van der Waals surface area contributed by atoms with Gasteiger partial charge in [-0.05, 0) is 77.7 Å². The largest absolute Gasteiger partial charge is 0.364 e. The van der Waals surface area contributed by atoms with E-state index in [4.69, 9.17) is 4.74 Å². The van der Waals surface area contributed by atoms with Crippen molar-refractivity contribution in [3.05, 3.63) is 48.0 Å². The van der Waals surface area contributed by atoms with Crippen LogP contribution in [0.15, 0.2) is 42.5 Å². The number of allylic oxidation sites excluding steroid dienone is 2.